The van der Waals surface area contributed by atoms with Crippen molar-refractivity contribution in [3.05, 3.63) is 24.2 Å². The largest absolute Gasteiger partial charge is 0.472 e. The van der Waals surface area contributed by atoms with Gasteiger partial charge in [-0.25, -0.2) is 0 Å². The zero-order valence-corrected chi connectivity index (χ0v) is 11.3. The fourth-order valence-corrected chi connectivity index (χ4v) is 2.75. The minimum Gasteiger partial charge on any atom is -0.472 e. The number of methoxy groups -OCH3 is 1. The Labute approximate surface area is 109 Å². The summed E-state index contributed by atoms with van der Waals surface area (Å²) < 4.78 is 16.5. The van der Waals surface area contributed by atoms with Gasteiger partial charge < -0.3 is 19.2 Å². The molecule has 18 heavy (non-hydrogen) atoms. The molecule has 4 nitrogen and oxygen atoms in total. The first-order chi connectivity index (χ1) is 8.80. The van der Waals surface area contributed by atoms with Gasteiger partial charge in [-0.1, -0.05) is 6.92 Å². The summed E-state index contributed by atoms with van der Waals surface area (Å²) in [6.45, 7) is 4.63. The van der Waals surface area contributed by atoms with Crippen LogP contribution >= 0.6 is 0 Å². The molecule has 1 aromatic heterocycles. The molecule has 0 saturated carbocycles. The maximum absolute atomic E-state index is 5.87. The van der Waals surface area contributed by atoms with Crippen LogP contribution in [-0.4, -0.2) is 38.5 Å². The number of nitrogens with one attached hydrogen (secondary N) is 1. The summed E-state index contributed by atoms with van der Waals surface area (Å²) in [4.78, 5) is 0. The van der Waals surface area contributed by atoms with Crippen LogP contribution in [0.2, 0.25) is 0 Å². The van der Waals surface area contributed by atoms with E-state index < -0.39 is 0 Å². The summed E-state index contributed by atoms with van der Waals surface area (Å²) in [5.41, 5.74) is 1.09. The van der Waals surface area contributed by atoms with Gasteiger partial charge in [0.1, 0.15) is 0 Å². The van der Waals surface area contributed by atoms with E-state index in [9.17, 15) is 0 Å². The number of likely N-dealkylation sites (N-methyl/N-ethyl adjacent to an activating group) is 1. The summed E-state index contributed by atoms with van der Waals surface area (Å²) in [6, 6.07) is 2.32. The third-order valence-electron chi connectivity index (χ3n) is 3.85. The highest BCUT2D eigenvalue weighted by Crippen LogP contribution is 2.30. The molecule has 1 saturated heterocycles. The summed E-state index contributed by atoms with van der Waals surface area (Å²) in [7, 11) is 1.81. The van der Waals surface area contributed by atoms with Gasteiger partial charge in [0.05, 0.1) is 18.1 Å². The van der Waals surface area contributed by atoms with Crippen LogP contribution in [0.15, 0.2) is 23.0 Å². The predicted octanol–water partition coefficient (Wildman–Crippen LogP) is 2.00. The summed E-state index contributed by atoms with van der Waals surface area (Å²) in [5, 5.41) is 3.56. The molecule has 0 radical (unpaired) electrons. The van der Waals surface area contributed by atoms with Crippen LogP contribution in [0.1, 0.15) is 25.3 Å². The van der Waals surface area contributed by atoms with Crippen molar-refractivity contribution in [1.82, 2.24) is 5.32 Å². The fourth-order valence-electron chi connectivity index (χ4n) is 2.75. The van der Waals surface area contributed by atoms with Crippen molar-refractivity contribution in [3.63, 3.8) is 0 Å². The number of hydrogen-bond donors (Lipinski definition) is 1. The molecule has 1 aromatic rings. The van der Waals surface area contributed by atoms with E-state index in [0.29, 0.717) is 6.04 Å². The van der Waals surface area contributed by atoms with Gasteiger partial charge in [-0.3, -0.25) is 0 Å². The quantitative estimate of drug-likeness (QED) is 0.842. The van der Waals surface area contributed by atoms with Crippen LogP contribution < -0.4 is 5.32 Å². The highest BCUT2D eigenvalue weighted by Gasteiger charge is 2.40. The molecule has 1 atom stereocenters. The SMILES string of the molecule is CCNC(Cc1ccoc1)C1(OC)CCOCC1. The Morgan fingerprint density at radius 1 is 1.44 bits per heavy atom. The van der Waals surface area contributed by atoms with Crippen LogP contribution in [0.25, 0.3) is 0 Å². The monoisotopic (exact) mass is 253 g/mol. The van der Waals surface area contributed by atoms with E-state index in [2.05, 4.69) is 12.2 Å². The van der Waals surface area contributed by atoms with Gasteiger partial charge in [0.2, 0.25) is 0 Å². The van der Waals surface area contributed by atoms with E-state index in [0.717, 1.165) is 39.0 Å². The van der Waals surface area contributed by atoms with Crippen molar-refractivity contribution in [2.45, 2.75) is 37.8 Å². The summed E-state index contributed by atoms with van der Waals surface area (Å²) in [5.74, 6) is 0. The Bertz CT molecular complexity index is 331. The second kappa shape index (κ2) is 6.36. The zero-order chi connectivity index (χ0) is 12.8. The maximum Gasteiger partial charge on any atom is 0.0935 e. The van der Waals surface area contributed by atoms with Crippen molar-refractivity contribution >= 4 is 0 Å². The number of rotatable bonds is 6. The van der Waals surface area contributed by atoms with Crippen LogP contribution in [0, 0.1) is 0 Å². The molecule has 0 amide bonds. The topological polar surface area (TPSA) is 43.6 Å². The van der Waals surface area contributed by atoms with Crippen molar-refractivity contribution < 1.29 is 13.9 Å². The molecule has 102 valence electrons. The summed E-state index contributed by atoms with van der Waals surface area (Å²) in [6.07, 6.45) is 6.35. The summed E-state index contributed by atoms with van der Waals surface area (Å²) >= 11 is 0. The molecule has 0 spiro atoms. The smallest absolute Gasteiger partial charge is 0.0935 e. The van der Waals surface area contributed by atoms with Crippen molar-refractivity contribution in [2.24, 2.45) is 0 Å². The van der Waals surface area contributed by atoms with Gasteiger partial charge in [0.15, 0.2) is 0 Å². The normalized spacial score (nSPS) is 20.8. The van der Waals surface area contributed by atoms with Crippen molar-refractivity contribution in [1.29, 1.82) is 0 Å². The van der Waals surface area contributed by atoms with Crippen molar-refractivity contribution in [2.75, 3.05) is 26.9 Å². The Hall–Kier alpha value is -0.840. The minimum atomic E-state index is -0.120. The fraction of sp³-hybridized carbons (Fsp3) is 0.714. The third-order valence-corrected chi connectivity index (χ3v) is 3.85. The molecular formula is C14H23NO3. The zero-order valence-electron chi connectivity index (χ0n) is 11.3. The van der Waals surface area contributed by atoms with E-state index in [4.69, 9.17) is 13.9 Å². The highest BCUT2D eigenvalue weighted by molar-refractivity contribution is 5.11. The molecule has 2 heterocycles. The lowest BCUT2D eigenvalue weighted by molar-refractivity contribution is -0.110. The standard InChI is InChI=1S/C14H23NO3/c1-3-15-13(10-12-4-7-18-11-12)14(16-2)5-8-17-9-6-14/h4,7,11,13,15H,3,5-6,8-10H2,1-2H3. The van der Waals surface area contributed by atoms with Crippen LogP contribution in [-0.2, 0) is 15.9 Å². The molecule has 4 heteroatoms. The van der Waals surface area contributed by atoms with E-state index >= 15 is 0 Å². The highest BCUT2D eigenvalue weighted by atomic mass is 16.5. The van der Waals surface area contributed by atoms with Gasteiger partial charge in [-0.05, 0) is 24.6 Å². The first-order valence-electron chi connectivity index (χ1n) is 6.68. The van der Waals surface area contributed by atoms with Gasteiger partial charge in [0.25, 0.3) is 0 Å². The van der Waals surface area contributed by atoms with Gasteiger partial charge in [-0.15, -0.1) is 0 Å². The second-order valence-electron chi connectivity index (χ2n) is 4.83. The average Bonchev–Trinajstić information content (AvgIpc) is 2.92. The number of hydrogen-bond acceptors (Lipinski definition) is 4. The number of furan rings is 1. The Morgan fingerprint density at radius 2 is 2.22 bits per heavy atom. The third kappa shape index (κ3) is 2.94. The van der Waals surface area contributed by atoms with Gasteiger partial charge in [0, 0.05) is 39.2 Å². The minimum absolute atomic E-state index is 0.120. The molecule has 0 aliphatic carbocycles. The molecule has 1 unspecified atom stereocenters. The lowest BCUT2D eigenvalue weighted by Crippen LogP contribution is -2.56. The molecular weight excluding hydrogens is 230 g/mol. The predicted molar refractivity (Wildman–Crippen MR) is 69.7 cm³/mol. The molecule has 0 aromatic carbocycles. The molecule has 2 rings (SSSR count). The first-order valence-corrected chi connectivity index (χ1v) is 6.68. The lowest BCUT2D eigenvalue weighted by Gasteiger charge is -2.42. The van der Waals surface area contributed by atoms with E-state index in [1.807, 2.05) is 19.4 Å². The van der Waals surface area contributed by atoms with E-state index in [1.165, 1.54) is 5.56 Å². The van der Waals surface area contributed by atoms with Crippen LogP contribution in [0.4, 0.5) is 0 Å². The maximum atomic E-state index is 5.87. The first kappa shape index (κ1) is 13.6. The van der Waals surface area contributed by atoms with Gasteiger partial charge >= 0.3 is 0 Å². The van der Waals surface area contributed by atoms with Crippen molar-refractivity contribution in [3.8, 4) is 0 Å². The molecule has 1 aliphatic heterocycles. The van der Waals surface area contributed by atoms with Gasteiger partial charge in [-0.2, -0.15) is 0 Å². The Kier molecular flexibility index (Phi) is 4.80. The molecule has 1 N–H and O–H groups in total. The van der Waals surface area contributed by atoms with E-state index in [-0.39, 0.29) is 5.60 Å². The Morgan fingerprint density at radius 3 is 2.78 bits per heavy atom. The van der Waals surface area contributed by atoms with Crippen LogP contribution in [0.3, 0.4) is 0 Å². The Balaban J connectivity index is 2.10. The number of ether oxygens (including phenoxy) is 2. The molecule has 1 aliphatic rings. The molecule has 1 fully saturated rings. The lowest BCUT2D eigenvalue weighted by atomic mass is 9.83. The average molecular weight is 253 g/mol. The van der Waals surface area contributed by atoms with E-state index in [1.54, 1.807) is 6.26 Å². The second-order valence-corrected chi connectivity index (χ2v) is 4.83. The molecule has 0 bridgehead atoms. The van der Waals surface area contributed by atoms with Crippen LogP contribution in [0.5, 0.6) is 0 Å².